The van der Waals surface area contributed by atoms with E-state index in [9.17, 15) is 52.7 Å². The lowest BCUT2D eigenvalue weighted by atomic mass is 9.12. The van der Waals surface area contributed by atoms with Crippen LogP contribution in [0.4, 0.5) is 87.8 Å². The summed E-state index contributed by atoms with van der Waals surface area (Å²) >= 11 is 0. The van der Waals surface area contributed by atoms with E-state index in [1.807, 2.05) is 29.9 Å². The van der Waals surface area contributed by atoms with Gasteiger partial charge in [0.05, 0.1) is 12.4 Å². The Hall–Kier alpha value is -5.02. The first kappa shape index (κ1) is 37.8. The van der Waals surface area contributed by atoms with Gasteiger partial charge in [0.15, 0.2) is 69.8 Å². The number of allylic oxidation sites excluding steroid dienone is 2. The van der Waals surface area contributed by atoms with Gasteiger partial charge in [-0.15, -0.1) is 21.9 Å². The van der Waals surface area contributed by atoms with E-state index < -0.39 is 144 Å². The van der Waals surface area contributed by atoms with Crippen molar-refractivity contribution in [2.75, 3.05) is 0 Å². The van der Waals surface area contributed by atoms with Gasteiger partial charge in [0.2, 0.25) is 0 Å². The Bertz CT molecular complexity index is 1750. The molecule has 1 aliphatic heterocycles. The van der Waals surface area contributed by atoms with Crippen LogP contribution in [0.5, 0.6) is 0 Å². The quantitative estimate of drug-likeness (QED) is 0.124. The fourth-order valence-corrected chi connectivity index (χ4v) is 5.19. The highest BCUT2D eigenvalue weighted by Gasteiger charge is 2.52. The SMILES string of the molecule is C1=C[NH2+]C=C1.Fc1c(F)c(F)c([B-](c2c(F)c(F)c(F)c(F)c2F)(c2c(F)c(F)c(F)c(F)c2F)c2c(F)c(F)c(F)c(F)c2F)c(F)c1F. The van der Waals surface area contributed by atoms with Crippen LogP contribution in [0.3, 0.4) is 0 Å². The summed E-state index contributed by atoms with van der Waals surface area (Å²) in [5.41, 5.74) is -14.3. The van der Waals surface area contributed by atoms with Gasteiger partial charge in [-0.2, -0.15) is 0 Å². The molecule has 0 atom stereocenters. The number of rotatable bonds is 4. The lowest BCUT2D eigenvalue weighted by Crippen LogP contribution is -2.81. The predicted molar refractivity (Wildman–Crippen MR) is 129 cm³/mol. The Labute approximate surface area is 262 Å². The minimum Gasteiger partial charge on any atom is -0.294 e. The zero-order valence-electron chi connectivity index (χ0n) is 23.0. The average molecular weight is 747 g/mol. The molecule has 0 aromatic heterocycles. The molecule has 0 radical (unpaired) electrons. The van der Waals surface area contributed by atoms with Gasteiger partial charge in [-0.3, -0.25) is 5.32 Å². The van der Waals surface area contributed by atoms with Crippen LogP contribution in [0.1, 0.15) is 0 Å². The standard InChI is InChI=1S/C24BF20.C4H5N/c26-5-1(6(27)14(35)21(42)13(5)34)25(2-7(28)15(36)22(43)16(37)8(2)29,3-9(30)17(38)23(44)18(39)10(3)31)4-11(32)19(40)24(45)20(41)12(4)33;1-2-4-5-3-1/h;1-5H/q-1;/p+1. The van der Waals surface area contributed by atoms with E-state index in [0.717, 1.165) is 0 Å². The summed E-state index contributed by atoms with van der Waals surface area (Å²) in [6.45, 7) is 0. The van der Waals surface area contributed by atoms with Crippen LogP contribution >= 0.6 is 0 Å². The third-order valence-electron chi connectivity index (χ3n) is 7.26. The largest absolute Gasteiger partial charge is 0.294 e. The summed E-state index contributed by atoms with van der Waals surface area (Å²) in [5.74, 6) is -71.4. The molecule has 0 fully saturated rings. The Morgan fingerprint density at radius 1 is 0.240 bits per heavy atom. The number of nitrogens with two attached hydrogens (primary N) is 1. The number of halogens is 20. The minimum absolute atomic E-state index is 2.00. The van der Waals surface area contributed by atoms with Crippen molar-refractivity contribution in [1.29, 1.82) is 0 Å². The monoisotopic (exact) mass is 747 g/mol. The third-order valence-corrected chi connectivity index (χ3v) is 7.26. The maximum Gasteiger partial charge on any atom is 0.200 e. The van der Waals surface area contributed by atoms with E-state index in [2.05, 4.69) is 0 Å². The highest BCUT2D eigenvalue weighted by molar-refractivity contribution is 7.20. The topological polar surface area (TPSA) is 16.6 Å². The van der Waals surface area contributed by atoms with Gasteiger partial charge >= 0.3 is 0 Å². The fraction of sp³-hybridized carbons (Fsp3) is 0. The lowest BCUT2D eigenvalue weighted by molar-refractivity contribution is -0.510. The molecule has 0 saturated heterocycles. The van der Waals surface area contributed by atoms with Crippen molar-refractivity contribution in [3.8, 4) is 0 Å². The van der Waals surface area contributed by atoms with E-state index in [1.54, 1.807) is 0 Å². The molecule has 1 aliphatic rings. The van der Waals surface area contributed by atoms with E-state index in [0.29, 0.717) is 0 Å². The lowest BCUT2D eigenvalue weighted by Gasteiger charge is -2.44. The Morgan fingerprint density at radius 3 is 0.500 bits per heavy atom. The first-order valence-electron chi connectivity index (χ1n) is 12.6. The van der Waals surface area contributed by atoms with Gasteiger partial charge in [-0.1, -0.05) is 0 Å². The molecule has 1 nitrogen and oxygen atoms in total. The molecule has 0 amide bonds. The molecular formula is C28H6BF20N. The second-order valence-electron chi connectivity index (χ2n) is 9.76. The molecule has 0 aliphatic carbocycles. The number of hydrogen-bond donors (Lipinski definition) is 1. The predicted octanol–water partition coefficient (Wildman–Crippen LogP) is 5.44. The fourth-order valence-electron chi connectivity index (χ4n) is 5.19. The maximum atomic E-state index is 15.4. The summed E-state index contributed by atoms with van der Waals surface area (Å²) in [5, 5.41) is 2.00. The summed E-state index contributed by atoms with van der Waals surface area (Å²) in [6, 6.07) is 0. The van der Waals surface area contributed by atoms with E-state index in [-0.39, 0.29) is 0 Å². The molecule has 50 heavy (non-hydrogen) atoms. The van der Waals surface area contributed by atoms with Crippen molar-refractivity contribution in [3.63, 3.8) is 0 Å². The molecule has 22 heteroatoms. The van der Waals surface area contributed by atoms with Gasteiger partial charge in [0.1, 0.15) is 52.7 Å². The first-order chi connectivity index (χ1) is 23.2. The molecule has 4 aromatic carbocycles. The molecule has 4 aromatic rings. The van der Waals surface area contributed by atoms with Crippen molar-refractivity contribution in [2.45, 2.75) is 0 Å². The zero-order chi connectivity index (χ0) is 37.9. The van der Waals surface area contributed by atoms with Gasteiger partial charge in [0, 0.05) is 0 Å². The van der Waals surface area contributed by atoms with Gasteiger partial charge in [-0.05, 0) is 12.2 Å². The molecule has 1 heterocycles. The molecule has 2 N–H and O–H groups in total. The molecule has 0 spiro atoms. The number of quaternary nitrogens is 1. The maximum absolute atomic E-state index is 15.4. The Kier molecular flexibility index (Phi) is 10.1. The van der Waals surface area contributed by atoms with Crippen LogP contribution in [-0.4, -0.2) is 6.15 Å². The summed E-state index contributed by atoms with van der Waals surface area (Å²) in [6.07, 6.45) is 0.783. The average Bonchev–Trinajstić information content (AvgIpc) is 3.69. The van der Waals surface area contributed by atoms with Gasteiger partial charge in [0.25, 0.3) is 0 Å². The number of hydrogen-bond acceptors (Lipinski definition) is 0. The normalized spacial score (nSPS) is 12.6. The smallest absolute Gasteiger partial charge is 0.200 e. The highest BCUT2D eigenvalue weighted by atomic mass is 19.2. The van der Waals surface area contributed by atoms with Crippen molar-refractivity contribution in [3.05, 3.63) is 141 Å². The van der Waals surface area contributed by atoms with Crippen LogP contribution in [0.15, 0.2) is 24.6 Å². The first-order valence-corrected chi connectivity index (χ1v) is 12.6. The van der Waals surface area contributed by atoms with E-state index in [1.165, 1.54) is 0 Å². The summed E-state index contributed by atoms with van der Waals surface area (Å²) < 4.78 is 294. The van der Waals surface area contributed by atoms with E-state index >= 15 is 35.1 Å². The van der Waals surface area contributed by atoms with Crippen LogP contribution in [-0.2, 0) is 0 Å². The molecule has 266 valence electrons. The van der Waals surface area contributed by atoms with Crippen molar-refractivity contribution < 1.29 is 93.1 Å². The third kappa shape index (κ3) is 5.26. The molecule has 5 rings (SSSR count). The van der Waals surface area contributed by atoms with E-state index in [4.69, 9.17) is 0 Å². The van der Waals surface area contributed by atoms with Crippen molar-refractivity contribution >= 4 is 28.0 Å². The molecule has 0 bridgehead atoms. The second-order valence-corrected chi connectivity index (χ2v) is 9.76. The minimum atomic E-state index is -7.22. The van der Waals surface area contributed by atoms with Crippen molar-refractivity contribution in [1.82, 2.24) is 0 Å². The highest BCUT2D eigenvalue weighted by Crippen LogP contribution is 2.30. The van der Waals surface area contributed by atoms with Crippen LogP contribution in [0.2, 0.25) is 0 Å². The number of benzene rings is 4. The Morgan fingerprint density at radius 2 is 0.380 bits per heavy atom. The van der Waals surface area contributed by atoms with Gasteiger partial charge < -0.3 is 0 Å². The van der Waals surface area contributed by atoms with Crippen LogP contribution in [0.25, 0.3) is 0 Å². The summed E-state index contributed by atoms with van der Waals surface area (Å²) in [4.78, 5) is 0. The van der Waals surface area contributed by atoms with Crippen LogP contribution < -0.4 is 27.2 Å². The Balaban J connectivity index is 0.00000103. The zero-order valence-corrected chi connectivity index (χ0v) is 23.0. The summed E-state index contributed by atoms with van der Waals surface area (Å²) in [7, 11) is 0. The van der Waals surface area contributed by atoms with Gasteiger partial charge in [-0.25, -0.2) is 87.8 Å². The molecule has 0 saturated carbocycles. The van der Waals surface area contributed by atoms with Crippen LogP contribution in [0, 0.1) is 116 Å². The second kappa shape index (κ2) is 13.4. The molecular weight excluding hydrogens is 741 g/mol. The van der Waals surface area contributed by atoms with Crippen molar-refractivity contribution in [2.24, 2.45) is 0 Å². The molecule has 0 unspecified atom stereocenters.